The van der Waals surface area contributed by atoms with E-state index in [1.165, 1.54) is 12.1 Å². The summed E-state index contributed by atoms with van der Waals surface area (Å²) in [6, 6.07) is 27.1. The van der Waals surface area contributed by atoms with E-state index in [0.717, 1.165) is 44.5 Å². The molecule has 0 aliphatic carbocycles. The fourth-order valence-electron chi connectivity index (χ4n) is 5.03. The molecule has 5 aromatic rings. The van der Waals surface area contributed by atoms with Crippen molar-refractivity contribution in [2.75, 3.05) is 43.5 Å². The third kappa shape index (κ3) is 10.3. The second-order valence-electron chi connectivity index (χ2n) is 11.5. The predicted octanol–water partition coefficient (Wildman–Crippen LogP) is 6.17. The lowest BCUT2D eigenvalue weighted by molar-refractivity contribution is 0.398. The van der Waals surface area contributed by atoms with Gasteiger partial charge < -0.3 is 15.5 Å². The summed E-state index contributed by atoms with van der Waals surface area (Å²) in [5.41, 5.74) is 4.39. The summed E-state index contributed by atoms with van der Waals surface area (Å²) in [5, 5.41) is 23.5. The number of nitrogens with zero attached hydrogens (tertiary/aromatic N) is 8. The average Bonchev–Trinajstić information content (AvgIpc) is 3.15. The summed E-state index contributed by atoms with van der Waals surface area (Å²) in [6.07, 6.45) is 0.445. The van der Waals surface area contributed by atoms with Crippen molar-refractivity contribution < 1.29 is 25.6 Å². The molecule has 4 aromatic carbocycles. The molecule has 52 heavy (non-hydrogen) atoms. The van der Waals surface area contributed by atoms with E-state index in [1.807, 2.05) is 36.4 Å². The molecule has 1 fully saturated rings. The molecule has 0 unspecified atom stereocenters. The van der Waals surface area contributed by atoms with Crippen molar-refractivity contribution in [2.45, 2.75) is 17.1 Å². The largest absolute Gasteiger partial charge is 0.338 e. The van der Waals surface area contributed by atoms with E-state index in [9.17, 15) is 16.8 Å². The van der Waals surface area contributed by atoms with E-state index >= 15 is 0 Å². The third-order valence-corrected chi connectivity index (χ3v) is 9.67. The maximum Gasteiger partial charge on any atom is 0.296 e. The third-order valence-electron chi connectivity index (χ3n) is 7.68. The molecule has 0 bridgehead atoms. The summed E-state index contributed by atoms with van der Waals surface area (Å²) in [5.74, 6) is 1.10. The zero-order valence-corrected chi connectivity index (χ0v) is 29.5. The van der Waals surface area contributed by atoms with E-state index in [1.54, 1.807) is 48.5 Å². The summed E-state index contributed by atoms with van der Waals surface area (Å²) in [6.45, 7) is 3.16. The average molecular weight is 743 g/mol. The number of nitrogens with one attached hydrogen (secondary N) is 2. The van der Waals surface area contributed by atoms with Gasteiger partial charge in [-0.05, 0) is 83.9 Å². The van der Waals surface area contributed by atoms with Gasteiger partial charge in [-0.25, -0.2) is 0 Å². The number of azo groups is 2. The highest BCUT2D eigenvalue weighted by atomic mass is 32.2. The van der Waals surface area contributed by atoms with Crippen LogP contribution in [-0.4, -0.2) is 69.6 Å². The molecule has 16 nitrogen and oxygen atoms in total. The van der Waals surface area contributed by atoms with Crippen LogP contribution in [0.1, 0.15) is 17.0 Å². The van der Waals surface area contributed by atoms with Crippen LogP contribution in [-0.2, 0) is 36.6 Å². The summed E-state index contributed by atoms with van der Waals surface area (Å²) in [7, 11) is -6.78. The van der Waals surface area contributed by atoms with Crippen LogP contribution >= 0.6 is 0 Å². The van der Waals surface area contributed by atoms with Crippen molar-refractivity contribution in [3.05, 3.63) is 114 Å². The molecule has 1 saturated heterocycles. The van der Waals surface area contributed by atoms with Crippen LogP contribution in [0.2, 0.25) is 0 Å². The van der Waals surface area contributed by atoms with Gasteiger partial charge in [-0.15, -0.1) is 0 Å². The molecule has 268 valence electrons. The van der Waals surface area contributed by atoms with Crippen molar-refractivity contribution in [2.24, 2.45) is 20.5 Å². The zero-order valence-electron chi connectivity index (χ0n) is 27.9. The van der Waals surface area contributed by atoms with Gasteiger partial charge in [-0.1, -0.05) is 24.3 Å². The lowest BCUT2D eigenvalue weighted by Crippen LogP contribution is -2.44. The quantitative estimate of drug-likeness (QED) is 0.0702. The number of anilines is 3. The topological polar surface area (TPSA) is 213 Å². The van der Waals surface area contributed by atoms with Gasteiger partial charge in [0.1, 0.15) is 11.6 Å². The first-order chi connectivity index (χ1) is 25.0. The van der Waals surface area contributed by atoms with Crippen molar-refractivity contribution in [1.29, 1.82) is 0 Å². The van der Waals surface area contributed by atoms with Crippen LogP contribution in [0.15, 0.2) is 122 Å². The molecule has 18 heteroatoms. The molecule has 0 radical (unpaired) electrons. The first kappa shape index (κ1) is 36.3. The molecule has 0 spiro atoms. The second-order valence-corrected chi connectivity index (χ2v) is 14.7. The van der Waals surface area contributed by atoms with Gasteiger partial charge in [0.25, 0.3) is 20.2 Å². The fraction of sp³-hybridized carbons (Fsp3) is 0.206. The molecule has 1 aromatic heterocycles. The van der Waals surface area contributed by atoms with Crippen molar-refractivity contribution >= 4 is 60.6 Å². The molecule has 0 amide bonds. The molecule has 1 aliphatic heterocycles. The highest BCUT2D eigenvalue weighted by molar-refractivity contribution is 7.86. The molecule has 3 N–H and O–H groups in total. The molecular formula is C34H34N10O6S2. The van der Waals surface area contributed by atoms with Gasteiger partial charge >= 0.3 is 0 Å². The minimum absolute atomic E-state index is 0.0342. The van der Waals surface area contributed by atoms with Gasteiger partial charge in [0.15, 0.2) is 0 Å². The Bertz CT molecular complexity index is 2260. The normalized spacial score (nSPS) is 13.9. The van der Waals surface area contributed by atoms with E-state index in [4.69, 9.17) is 19.5 Å². The van der Waals surface area contributed by atoms with Gasteiger partial charge in [-0.3, -0.25) is 8.74 Å². The number of aromatic nitrogens is 3. The van der Waals surface area contributed by atoms with Gasteiger partial charge in [0.2, 0.25) is 11.9 Å². The number of hydrogen-bond donors (Lipinski definition) is 3. The standard InChI is InChI=1S/C34H34N10O6S2/c1-50-52(48,49)31-16-14-30(15-17-31)43-42-29-12-10-26(11-13-29)36-33-37-32(38-34(39-33)44-20-18-35-19-21-44)22-24-2-6-27(7-3-24)40-41-28-8-4-25(5-9-28)23-51(45,46)47/h2-17,35H,18-23H2,1H3,(H,45,46,47)(H,36,37,38,39). The molecular weight excluding hydrogens is 709 g/mol. The fourth-order valence-corrected chi connectivity index (χ4v) is 6.30. The second kappa shape index (κ2) is 16.2. The first-order valence-corrected chi connectivity index (χ1v) is 19.0. The van der Waals surface area contributed by atoms with Crippen LogP contribution < -0.4 is 15.5 Å². The summed E-state index contributed by atoms with van der Waals surface area (Å²) >= 11 is 0. The SMILES string of the molecule is COS(=O)(=O)c1ccc(N=Nc2ccc(Nc3nc(Cc4ccc(N=Nc5ccc(CS(=O)(=O)O)cc5)cc4)nc(N4CCNCC4)n3)cc2)cc1. The minimum Gasteiger partial charge on any atom is -0.338 e. The molecule has 0 saturated carbocycles. The summed E-state index contributed by atoms with van der Waals surface area (Å²) < 4.78 is 59.4. The van der Waals surface area contributed by atoms with Crippen LogP contribution in [0.3, 0.4) is 0 Å². The van der Waals surface area contributed by atoms with Gasteiger partial charge in [0.05, 0.1) is 34.8 Å². The number of benzene rings is 4. The first-order valence-electron chi connectivity index (χ1n) is 16.0. The molecule has 6 rings (SSSR count). The Morgan fingerprint density at radius 1 is 0.712 bits per heavy atom. The Morgan fingerprint density at radius 2 is 1.21 bits per heavy atom. The Labute approximate surface area is 300 Å². The molecule has 2 heterocycles. The Kier molecular flexibility index (Phi) is 11.3. The van der Waals surface area contributed by atoms with Crippen LogP contribution in [0, 0.1) is 0 Å². The minimum atomic E-state index is -4.11. The van der Waals surface area contributed by atoms with Gasteiger partial charge in [-0.2, -0.15) is 52.2 Å². The lowest BCUT2D eigenvalue weighted by atomic mass is 10.1. The van der Waals surface area contributed by atoms with Crippen molar-refractivity contribution in [3.8, 4) is 0 Å². The van der Waals surface area contributed by atoms with Crippen molar-refractivity contribution in [3.63, 3.8) is 0 Å². The molecule has 0 atom stereocenters. The van der Waals surface area contributed by atoms with Crippen LogP contribution in [0.5, 0.6) is 0 Å². The summed E-state index contributed by atoms with van der Waals surface area (Å²) in [4.78, 5) is 16.4. The van der Waals surface area contributed by atoms with Crippen LogP contribution in [0.4, 0.5) is 40.3 Å². The van der Waals surface area contributed by atoms with Gasteiger partial charge in [0, 0.05) is 38.3 Å². The lowest BCUT2D eigenvalue weighted by Gasteiger charge is -2.27. The Hall–Kier alpha value is -5.53. The number of piperazine rings is 1. The maximum absolute atomic E-state index is 11.8. The number of rotatable bonds is 13. The smallest absolute Gasteiger partial charge is 0.296 e. The zero-order chi connectivity index (χ0) is 36.6. The highest BCUT2D eigenvalue weighted by Gasteiger charge is 2.17. The molecule has 1 aliphatic rings. The predicted molar refractivity (Wildman–Crippen MR) is 195 cm³/mol. The van der Waals surface area contributed by atoms with E-state index in [2.05, 4.69) is 40.2 Å². The van der Waals surface area contributed by atoms with E-state index in [-0.39, 0.29) is 4.90 Å². The number of hydrogen-bond acceptors (Lipinski definition) is 15. The Balaban J connectivity index is 1.13. The van der Waals surface area contributed by atoms with E-state index < -0.39 is 26.0 Å². The maximum atomic E-state index is 11.8. The van der Waals surface area contributed by atoms with E-state index in [0.29, 0.717) is 52.5 Å². The monoisotopic (exact) mass is 742 g/mol. The highest BCUT2D eigenvalue weighted by Crippen LogP contribution is 2.25. The van der Waals surface area contributed by atoms with Crippen LogP contribution in [0.25, 0.3) is 0 Å². The Morgan fingerprint density at radius 3 is 1.73 bits per heavy atom. The van der Waals surface area contributed by atoms with Crippen molar-refractivity contribution in [1.82, 2.24) is 20.3 Å².